The molecular formula is C14H18O6Si. The summed E-state index contributed by atoms with van der Waals surface area (Å²) in [5.41, 5.74) is 0.490. The molecule has 0 saturated carbocycles. The van der Waals surface area contributed by atoms with Crippen molar-refractivity contribution in [1.82, 2.24) is 0 Å². The first-order valence-electron chi connectivity index (χ1n) is 6.90. The Hall–Kier alpha value is -1.54. The zero-order valence-corrected chi connectivity index (χ0v) is 13.3. The van der Waals surface area contributed by atoms with Crippen LogP contribution in [0.5, 0.6) is 0 Å². The van der Waals surface area contributed by atoms with Crippen molar-refractivity contribution in [2.45, 2.75) is 20.8 Å². The predicted octanol–water partition coefficient (Wildman–Crippen LogP) is 1.25. The van der Waals surface area contributed by atoms with Gasteiger partial charge in [-0.25, -0.2) is 9.59 Å². The number of esters is 2. The molecule has 114 valence electrons. The van der Waals surface area contributed by atoms with Crippen molar-refractivity contribution in [3.8, 4) is 0 Å². The first-order valence-corrected chi connectivity index (χ1v) is 8.63. The third-order valence-electron chi connectivity index (χ3n) is 3.00. The molecule has 1 aromatic rings. The van der Waals surface area contributed by atoms with Crippen molar-refractivity contribution in [1.29, 1.82) is 0 Å². The minimum Gasteiger partial charge on any atom is -0.386 e. The van der Waals surface area contributed by atoms with Gasteiger partial charge in [-0.2, -0.15) is 0 Å². The molecule has 0 fully saturated rings. The summed E-state index contributed by atoms with van der Waals surface area (Å²) in [7, 11) is -3.09. The van der Waals surface area contributed by atoms with Crippen LogP contribution >= 0.6 is 0 Å². The normalized spacial score (nSPS) is 14.2. The average Bonchev–Trinajstić information content (AvgIpc) is 2.74. The molecule has 0 amide bonds. The van der Waals surface area contributed by atoms with Crippen molar-refractivity contribution < 1.29 is 27.6 Å². The summed E-state index contributed by atoms with van der Waals surface area (Å²) in [5, 5.41) is 0.651. The Balaban J connectivity index is 2.48. The highest BCUT2D eigenvalue weighted by atomic mass is 28.4. The summed E-state index contributed by atoms with van der Waals surface area (Å²) in [6, 6.07) is 4.83. The van der Waals surface area contributed by atoms with Crippen LogP contribution in [0.1, 0.15) is 41.5 Å². The lowest BCUT2D eigenvalue weighted by atomic mass is 10.1. The van der Waals surface area contributed by atoms with E-state index in [1.165, 1.54) is 0 Å². The topological polar surface area (TPSA) is 71.1 Å². The maximum Gasteiger partial charge on any atom is 0.537 e. The number of fused-ring (bicyclic) bond motifs is 1. The second-order valence-corrected chi connectivity index (χ2v) is 6.85. The van der Waals surface area contributed by atoms with Crippen LogP contribution in [-0.2, 0) is 18.0 Å². The molecule has 7 heteroatoms. The zero-order valence-electron chi connectivity index (χ0n) is 12.3. The van der Waals surface area contributed by atoms with Gasteiger partial charge in [0, 0.05) is 25.0 Å². The van der Waals surface area contributed by atoms with E-state index in [0.717, 1.165) is 0 Å². The van der Waals surface area contributed by atoms with Gasteiger partial charge in [0.25, 0.3) is 0 Å². The molecule has 21 heavy (non-hydrogen) atoms. The van der Waals surface area contributed by atoms with Crippen LogP contribution in [0, 0.1) is 0 Å². The van der Waals surface area contributed by atoms with Gasteiger partial charge in [-0.05, 0) is 32.9 Å². The van der Waals surface area contributed by atoms with Crippen molar-refractivity contribution in [3.63, 3.8) is 0 Å². The monoisotopic (exact) mass is 310 g/mol. The molecule has 0 atom stereocenters. The van der Waals surface area contributed by atoms with Gasteiger partial charge in [0.2, 0.25) is 0 Å². The van der Waals surface area contributed by atoms with Crippen molar-refractivity contribution >= 4 is 25.9 Å². The Kier molecular flexibility index (Phi) is 4.89. The zero-order chi connectivity index (χ0) is 15.5. The van der Waals surface area contributed by atoms with E-state index in [9.17, 15) is 9.59 Å². The summed E-state index contributed by atoms with van der Waals surface area (Å²) in [6.07, 6.45) is 0. The maximum atomic E-state index is 11.7. The SMILES string of the molecule is CCO[Si](OCC)(OCC)c1ccc2c(c1)C(=O)OC2=O. The second kappa shape index (κ2) is 6.48. The molecule has 1 heterocycles. The molecule has 0 saturated heterocycles. The van der Waals surface area contributed by atoms with Crippen LogP contribution in [0.3, 0.4) is 0 Å². The van der Waals surface area contributed by atoms with E-state index in [4.69, 9.17) is 13.3 Å². The van der Waals surface area contributed by atoms with Crippen LogP contribution in [0.2, 0.25) is 0 Å². The quantitative estimate of drug-likeness (QED) is 0.429. The summed E-state index contributed by atoms with van der Waals surface area (Å²) < 4.78 is 21.9. The first-order chi connectivity index (χ1) is 10.1. The number of hydrogen-bond acceptors (Lipinski definition) is 6. The fourth-order valence-corrected chi connectivity index (χ4v) is 4.72. The lowest BCUT2D eigenvalue weighted by molar-refractivity contribution is 0.0443. The smallest absolute Gasteiger partial charge is 0.386 e. The van der Waals surface area contributed by atoms with Crippen molar-refractivity contribution in [2.24, 2.45) is 0 Å². The van der Waals surface area contributed by atoms with Gasteiger partial charge in [-0.1, -0.05) is 6.07 Å². The fourth-order valence-electron chi connectivity index (χ4n) is 2.22. The molecular weight excluding hydrogens is 292 g/mol. The van der Waals surface area contributed by atoms with Gasteiger partial charge in [-0.3, -0.25) is 0 Å². The first kappa shape index (κ1) is 15.8. The minimum absolute atomic E-state index is 0.230. The van der Waals surface area contributed by atoms with Crippen molar-refractivity contribution in [2.75, 3.05) is 19.8 Å². The Bertz CT molecular complexity index is 539. The standard InChI is InChI=1S/C14H18O6Si/c1-4-17-21(18-5-2,19-6-3)10-7-8-11-12(9-10)14(16)20-13(11)15/h7-9H,4-6H2,1-3H3. The van der Waals surface area contributed by atoms with E-state index >= 15 is 0 Å². The highest BCUT2D eigenvalue weighted by Gasteiger charge is 2.45. The molecule has 0 N–H and O–H groups in total. The lowest BCUT2D eigenvalue weighted by Crippen LogP contribution is -2.57. The fraction of sp³-hybridized carbons (Fsp3) is 0.429. The van der Waals surface area contributed by atoms with Gasteiger partial charge in [0.1, 0.15) is 0 Å². The molecule has 0 radical (unpaired) electrons. The molecule has 0 aromatic heterocycles. The number of benzene rings is 1. The summed E-state index contributed by atoms with van der Waals surface area (Å²) >= 11 is 0. The molecule has 1 aliphatic rings. The van der Waals surface area contributed by atoms with Gasteiger partial charge >= 0.3 is 20.7 Å². The van der Waals surface area contributed by atoms with Crippen LogP contribution in [-0.4, -0.2) is 40.6 Å². The molecule has 1 aliphatic heterocycles. The Morgan fingerprint density at radius 3 is 1.95 bits per heavy atom. The van der Waals surface area contributed by atoms with Gasteiger partial charge in [-0.15, -0.1) is 0 Å². The highest BCUT2D eigenvalue weighted by molar-refractivity contribution is 6.75. The minimum atomic E-state index is -3.09. The van der Waals surface area contributed by atoms with Gasteiger partial charge in [0.15, 0.2) is 0 Å². The van der Waals surface area contributed by atoms with Crippen LogP contribution in [0.15, 0.2) is 18.2 Å². The van der Waals surface area contributed by atoms with E-state index in [2.05, 4.69) is 4.74 Å². The average molecular weight is 310 g/mol. The summed E-state index contributed by atoms with van der Waals surface area (Å²) in [6.45, 7) is 6.83. The Morgan fingerprint density at radius 1 is 0.905 bits per heavy atom. The maximum absolute atomic E-state index is 11.7. The highest BCUT2D eigenvalue weighted by Crippen LogP contribution is 2.21. The van der Waals surface area contributed by atoms with Gasteiger partial charge < -0.3 is 18.0 Å². The van der Waals surface area contributed by atoms with Crippen LogP contribution in [0.25, 0.3) is 0 Å². The second-order valence-electron chi connectivity index (χ2n) is 4.29. The number of hydrogen-bond donors (Lipinski definition) is 0. The van der Waals surface area contributed by atoms with E-state index in [-0.39, 0.29) is 11.1 Å². The number of cyclic esters (lactones) is 2. The number of ether oxygens (including phenoxy) is 1. The lowest BCUT2D eigenvalue weighted by Gasteiger charge is -2.28. The summed E-state index contributed by atoms with van der Waals surface area (Å²) in [4.78, 5) is 23.2. The molecule has 2 rings (SSSR count). The molecule has 1 aromatic carbocycles. The van der Waals surface area contributed by atoms with E-state index in [0.29, 0.717) is 25.0 Å². The molecule has 6 nitrogen and oxygen atoms in total. The molecule has 0 bridgehead atoms. The van der Waals surface area contributed by atoms with E-state index in [1.807, 2.05) is 20.8 Å². The largest absolute Gasteiger partial charge is 0.537 e. The number of carbonyl (C=O) groups is 2. The molecule has 0 spiro atoms. The molecule has 0 aliphatic carbocycles. The third-order valence-corrected chi connectivity index (χ3v) is 6.03. The van der Waals surface area contributed by atoms with Gasteiger partial charge in [0.05, 0.1) is 11.1 Å². The third kappa shape index (κ3) is 2.91. The van der Waals surface area contributed by atoms with E-state index in [1.54, 1.807) is 18.2 Å². The number of carbonyl (C=O) groups excluding carboxylic acids is 2. The predicted molar refractivity (Wildman–Crippen MR) is 76.5 cm³/mol. The Morgan fingerprint density at radius 2 is 1.43 bits per heavy atom. The summed E-state index contributed by atoms with van der Waals surface area (Å²) in [5.74, 6) is -1.28. The van der Waals surface area contributed by atoms with Crippen LogP contribution in [0.4, 0.5) is 0 Å². The van der Waals surface area contributed by atoms with Crippen LogP contribution < -0.4 is 5.19 Å². The Labute approximate surface area is 124 Å². The number of rotatable bonds is 7. The molecule has 0 unspecified atom stereocenters. The van der Waals surface area contributed by atoms with E-state index < -0.39 is 20.7 Å². The van der Waals surface area contributed by atoms with Crippen molar-refractivity contribution in [3.05, 3.63) is 29.3 Å².